The van der Waals surface area contributed by atoms with Crippen molar-refractivity contribution in [3.63, 3.8) is 0 Å². The van der Waals surface area contributed by atoms with Crippen molar-refractivity contribution in [2.24, 2.45) is 0 Å². The molecular formula is C21H18F2N2O5. The molecule has 0 fully saturated rings. The summed E-state index contributed by atoms with van der Waals surface area (Å²) in [4.78, 5) is 24.1. The number of anilines is 1. The van der Waals surface area contributed by atoms with Gasteiger partial charge in [-0.3, -0.25) is 4.79 Å². The number of rotatable bonds is 8. The topological polar surface area (TPSA) is 97.6 Å². The number of nitriles is 1. The van der Waals surface area contributed by atoms with Gasteiger partial charge in [0, 0.05) is 17.3 Å². The summed E-state index contributed by atoms with van der Waals surface area (Å²) >= 11 is 0. The number of carbonyl (C=O) groups is 2. The van der Waals surface area contributed by atoms with Crippen LogP contribution in [0, 0.1) is 11.3 Å². The van der Waals surface area contributed by atoms with E-state index in [0.29, 0.717) is 11.3 Å². The molecular weight excluding hydrogens is 398 g/mol. The lowest BCUT2D eigenvalue weighted by Gasteiger charge is -2.13. The lowest BCUT2D eigenvalue weighted by molar-refractivity contribution is -0.148. The molecule has 0 aliphatic heterocycles. The molecule has 0 aliphatic rings. The molecule has 0 bridgehead atoms. The van der Waals surface area contributed by atoms with Gasteiger partial charge in [0.2, 0.25) is 0 Å². The molecule has 9 heteroatoms. The number of halogens is 2. The highest BCUT2D eigenvalue weighted by atomic mass is 19.3. The second-order valence-corrected chi connectivity index (χ2v) is 5.85. The molecule has 0 aliphatic carbocycles. The minimum atomic E-state index is -3.08. The zero-order chi connectivity index (χ0) is 22.1. The third-order valence-electron chi connectivity index (χ3n) is 3.78. The maximum Gasteiger partial charge on any atom is 0.387 e. The molecule has 0 saturated carbocycles. The van der Waals surface area contributed by atoms with E-state index in [1.54, 1.807) is 0 Å². The summed E-state index contributed by atoms with van der Waals surface area (Å²) in [5.74, 6) is -1.60. The Labute approximate surface area is 171 Å². The molecule has 30 heavy (non-hydrogen) atoms. The number of methoxy groups -OCH3 is 1. The van der Waals surface area contributed by atoms with Gasteiger partial charge in [-0.05, 0) is 43.3 Å². The van der Waals surface area contributed by atoms with Crippen molar-refractivity contribution in [1.82, 2.24) is 0 Å². The predicted molar refractivity (Wildman–Crippen MR) is 104 cm³/mol. The van der Waals surface area contributed by atoms with Gasteiger partial charge in [-0.25, -0.2) is 4.79 Å². The number of nitrogens with one attached hydrogen (secondary N) is 1. The fraction of sp³-hybridized carbons (Fsp3) is 0.190. The maximum absolute atomic E-state index is 12.6. The third-order valence-corrected chi connectivity index (χ3v) is 3.78. The van der Waals surface area contributed by atoms with Gasteiger partial charge < -0.3 is 19.5 Å². The summed E-state index contributed by atoms with van der Waals surface area (Å²) < 4.78 is 39.7. The number of carbonyl (C=O) groups excluding carboxylic acids is 2. The third kappa shape index (κ3) is 6.31. The van der Waals surface area contributed by atoms with E-state index in [4.69, 9.17) is 14.7 Å². The van der Waals surface area contributed by atoms with E-state index >= 15 is 0 Å². The number of amides is 1. The minimum Gasteiger partial charge on any atom is -0.493 e. The largest absolute Gasteiger partial charge is 0.493 e. The van der Waals surface area contributed by atoms with Gasteiger partial charge in [-0.1, -0.05) is 12.1 Å². The lowest BCUT2D eigenvalue weighted by atomic mass is 10.1. The first-order chi connectivity index (χ1) is 14.3. The van der Waals surface area contributed by atoms with Gasteiger partial charge in [0.15, 0.2) is 17.6 Å². The van der Waals surface area contributed by atoms with Crippen LogP contribution in [-0.2, 0) is 14.3 Å². The Kier molecular flexibility index (Phi) is 7.88. The summed E-state index contributed by atoms with van der Waals surface area (Å²) in [5, 5.41) is 11.3. The molecule has 7 nitrogen and oxygen atoms in total. The standard InChI is InChI=1S/C21H18F2N2O5/c1-13(20(27)25-16-9-6-14(12-24)7-10-16)29-18(26)11-8-15-4-3-5-17(28-2)19(15)30-21(22)23/h3-11,13,21H,1-2H3,(H,25,27)/b11-8+/t13-/m0/s1. The summed E-state index contributed by atoms with van der Waals surface area (Å²) in [6, 6.07) is 12.5. The van der Waals surface area contributed by atoms with Gasteiger partial charge in [-0.2, -0.15) is 14.0 Å². The molecule has 1 atom stereocenters. The van der Waals surface area contributed by atoms with Crippen molar-refractivity contribution in [2.45, 2.75) is 19.6 Å². The summed E-state index contributed by atoms with van der Waals surface area (Å²) in [6.07, 6.45) is 1.08. The zero-order valence-corrected chi connectivity index (χ0v) is 16.1. The van der Waals surface area contributed by atoms with E-state index in [0.717, 1.165) is 6.08 Å². The molecule has 0 radical (unpaired) electrons. The van der Waals surface area contributed by atoms with Crippen LogP contribution < -0.4 is 14.8 Å². The van der Waals surface area contributed by atoms with Crippen molar-refractivity contribution in [1.29, 1.82) is 5.26 Å². The van der Waals surface area contributed by atoms with Crippen LogP contribution in [0.25, 0.3) is 6.08 Å². The first kappa shape index (κ1) is 22.4. The lowest BCUT2D eigenvalue weighted by Crippen LogP contribution is -2.29. The zero-order valence-electron chi connectivity index (χ0n) is 16.1. The second-order valence-electron chi connectivity index (χ2n) is 5.85. The van der Waals surface area contributed by atoms with Crippen LogP contribution in [-0.4, -0.2) is 31.7 Å². The molecule has 2 rings (SSSR count). The Morgan fingerprint density at radius 2 is 1.87 bits per heavy atom. The average Bonchev–Trinajstić information content (AvgIpc) is 2.73. The fourth-order valence-corrected chi connectivity index (χ4v) is 2.34. The van der Waals surface area contributed by atoms with Gasteiger partial charge in [0.25, 0.3) is 5.91 Å². The van der Waals surface area contributed by atoms with Gasteiger partial charge in [-0.15, -0.1) is 0 Å². The predicted octanol–water partition coefficient (Wildman–Crippen LogP) is 3.75. The number of esters is 1. The van der Waals surface area contributed by atoms with Crippen molar-refractivity contribution in [3.8, 4) is 17.6 Å². The Balaban J connectivity index is 2.01. The summed E-state index contributed by atoms with van der Waals surface area (Å²) in [7, 11) is 1.30. The number of hydrogen-bond acceptors (Lipinski definition) is 6. The van der Waals surface area contributed by atoms with E-state index in [2.05, 4.69) is 10.1 Å². The van der Waals surface area contributed by atoms with E-state index in [-0.39, 0.29) is 17.1 Å². The molecule has 0 unspecified atom stereocenters. The van der Waals surface area contributed by atoms with Gasteiger partial charge in [0.05, 0.1) is 18.7 Å². The highest BCUT2D eigenvalue weighted by Gasteiger charge is 2.18. The van der Waals surface area contributed by atoms with Crippen LogP contribution in [0.4, 0.5) is 14.5 Å². The molecule has 0 spiro atoms. The first-order valence-corrected chi connectivity index (χ1v) is 8.65. The normalized spacial score (nSPS) is 11.6. The molecule has 0 saturated heterocycles. The monoisotopic (exact) mass is 416 g/mol. The van der Waals surface area contributed by atoms with Crippen LogP contribution in [0.5, 0.6) is 11.5 Å². The highest BCUT2D eigenvalue weighted by molar-refractivity contribution is 5.96. The maximum atomic E-state index is 12.6. The number of alkyl halides is 2. The molecule has 0 heterocycles. The number of ether oxygens (including phenoxy) is 3. The van der Waals surface area contributed by atoms with E-state index in [1.165, 1.54) is 62.6 Å². The molecule has 2 aromatic rings. The van der Waals surface area contributed by atoms with Crippen molar-refractivity contribution >= 4 is 23.6 Å². The van der Waals surface area contributed by atoms with Crippen molar-refractivity contribution < 1.29 is 32.6 Å². The van der Waals surface area contributed by atoms with Gasteiger partial charge >= 0.3 is 12.6 Å². The average molecular weight is 416 g/mol. The van der Waals surface area contributed by atoms with Crippen LogP contribution in [0.2, 0.25) is 0 Å². The summed E-state index contributed by atoms with van der Waals surface area (Å²) in [6.45, 7) is -1.70. The Bertz CT molecular complexity index is 968. The Morgan fingerprint density at radius 3 is 2.47 bits per heavy atom. The van der Waals surface area contributed by atoms with Crippen LogP contribution >= 0.6 is 0 Å². The summed E-state index contributed by atoms with van der Waals surface area (Å²) in [5.41, 5.74) is 1.04. The molecule has 1 amide bonds. The van der Waals surface area contributed by atoms with Crippen LogP contribution in [0.1, 0.15) is 18.1 Å². The molecule has 0 aromatic heterocycles. The quantitative estimate of drug-likeness (QED) is 0.520. The Hall–Kier alpha value is -3.93. The smallest absolute Gasteiger partial charge is 0.387 e. The van der Waals surface area contributed by atoms with Crippen LogP contribution in [0.3, 0.4) is 0 Å². The number of para-hydroxylation sites is 1. The first-order valence-electron chi connectivity index (χ1n) is 8.65. The number of hydrogen-bond donors (Lipinski definition) is 1. The van der Waals surface area contributed by atoms with E-state index in [9.17, 15) is 18.4 Å². The SMILES string of the molecule is COc1cccc(/C=C/C(=O)O[C@@H](C)C(=O)Nc2ccc(C#N)cc2)c1OC(F)F. The fourth-order valence-electron chi connectivity index (χ4n) is 2.34. The molecule has 1 N–H and O–H groups in total. The minimum absolute atomic E-state index is 0.0704. The second kappa shape index (κ2) is 10.6. The Morgan fingerprint density at radius 1 is 1.17 bits per heavy atom. The molecule has 156 valence electrons. The van der Waals surface area contributed by atoms with Crippen LogP contribution in [0.15, 0.2) is 48.5 Å². The number of nitrogens with zero attached hydrogens (tertiary/aromatic N) is 1. The van der Waals surface area contributed by atoms with E-state index in [1.807, 2.05) is 6.07 Å². The van der Waals surface area contributed by atoms with Gasteiger partial charge in [0.1, 0.15) is 0 Å². The number of benzene rings is 2. The van der Waals surface area contributed by atoms with Crippen molar-refractivity contribution in [3.05, 3.63) is 59.7 Å². The van der Waals surface area contributed by atoms with E-state index < -0.39 is 24.6 Å². The van der Waals surface area contributed by atoms with Crippen molar-refractivity contribution in [2.75, 3.05) is 12.4 Å². The highest BCUT2D eigenvalue weighted by Crippen LogP contribution is 2.33. The molecule has 2 aromatic carbocycles.